The van der Waals surface area contributed by atoms with Crippen LogP contribution < -0.4 is 5.32 Å². The normalized spacial score (nSPS) is 11.2. The van der Waals surface area contributed by atoms with Crippen LogP contribution in [0.3, 0.4) is 0 Å². The second kappa shape index (κ2) is 6.66. The van der Waals surface area contributed by atoms with Crippen LogP contribution in [-0.4, -0.2) is 22.8 Å². The van der Waals surface area contributed by atoms with E-state index in [1.54, 1.807) is 0 Å². The molecule has 0 radical (unpaired) electrons. The number of aromatic nitrogens is 2. The van der Waals surface area contributed by atoms with Crippen molar-refractivity contribution in [3.63, 3.8) is 0 Å². The van der Waals surface area contributed by atoms with Crippen LogP contribution in [0.4, 0.5) is 0 Å². The molecule has 0 bridgehead atoms. The molecular formula is C16H23N3O. The summed E-state index contributed by atoms with van der Waals surface area (Å²) in [5.41, 5.74) is 3.77. The van der Waals surface area contributed by atoms with Crippen LogP contribution in [0.25, 0.3) is 0 Å². The minimum absolute atomic E-state index is 0.479. The first-order valence-electron chi connectivity index (χ1n) is 7.15. The first kappa shape index (κ1) is 14.7. The van der Waals surface area contributed by atoms with Crippen LogP contribution in [0, 0.1) is 13.8 Å². The number of rotatable bonds is 6. The summed E-state index contributed by atoms with van der Waals surface area (Å²) in [6.45, 7) is 9.32. The lowest BCUT2D eigenvalue weighted by Gasteiger charge is -2.05. The largest absolute Gasteiger partial charge is 0.425 e. The zero-order valence-corrected chi connectivity index (χ0v) is 12.7. The summed E-state index contributed by atoms with van der Waals surface area (Å²) in [4.78, 5) is 0. The molecule has 0 atom stereocenters. The van der Waals surface area contributed by atoms with Crippen molar-refractivity contribution in [1.82, 2.24) is 15.5 Å². The molecule has 108 valence electrons. The fraction of sp³-hybridized carbons (Fsp3) is 0.500. The molecule has 1 aromatic heterocycles. The van der Waals surface area contributed by atoms with Crippen molar-refractivity contribution in [3.8, 4) is 0 Å². The summed E-state index contributed by atoms with van der Waals surface area (Å²) in [6.07, 6.45) is 1.48. The smallest absolute Gasteiger partial charge is 0.220 e. The summed E-state index contributed by atoms with van der Waals surface area (Å²) < 4.78 is 5.70. The Hall–Kier alpha value is -1.68. The average Bonchev–Trinajstić information content (AvgIpc) is 2.81. The second-order valence-electron chi connectivity index (χ2n) is 5.56. The highest BCUT2D eigenvalue weighted by molar-refractivity contribution is 5.32. The van der Waals surface area contributed by atoms with Crippen molar-refractivity contribution in [2.75, 3.05) is 6.54 Å². The first-order valence-corrected chi connectivity index (χ1v) is 7.15. The standard InChI is InChI=1S/C16H23N3O/c1-11(2)17-8-7-15-18-19-16(20-15)10-14-9-12(3)5-6-13(14)4/h5-6,9,11,17H,7-8,10H2,1-4H3. The summed E-state index contributed by atoms with van der Waals surface area (Å²) in [6, 6.07) is 6.91. The quantitative estimate of drug-likeness (QED) is 0.879. The van der Waals surface area contributed by atoms with Gasteiger partial charge in [-0.15, -0.1) is 10.2 Å². The van der Waals surface area contributed by atoms with Gasteiger partial charge in [0, 0.05) is 19.0 Å². The lowest BCUT2D eigenvalue weighted by atomic mass is 10.0. The third-order valence-corrected chi connectivity index (χ3v) is 3.25. The second-order valence-corrected chi connectivity index (χ2v) is 5.56. The highest BCUT2D eigenvalue weighted by atomic mass is 16.4. The first-order chi connectivity index (χ1) is 9.54. The van der Waals surface area contributed by atoms with Gasteiger partial charge in [-0.3, -0.25) is 0 Å². The summed E-state index contributed by atoms with van der Waals surface area (Å²) >= 11 is 0. The minimum Gasteiger partial charge on any atom is -0.425 e. The molecule has 0 fully saturated rings. The zero-order valence-electron chi connectivity index (χ0n) is 12.7. The van der Waals surface area contributed by atoms with Crippen molar-refractivity contribution in [3.05, 3.63) is 46.7 Å². The van der Waals surface area contributed by atoms with E-state index in [-0.39, 0.29) is 0 Å². The van der Waals surface area contributed by atoms with Gasteiger partial charge in [0.2, 0.25) is 11.8 Å². The Labute approximate surface area is 120 Å². The van der Waals surface area contributed by atoms with Gasteiger partial charge in [-0.2, -0.15) is 0 Å². The molecule has 0 spiro atoms. The topological polar surface area (TPSA) is 51.0 Å². The average molecular weight is 273 g/mol. The van der Waals surface area contributed by atoms with Crippen molar-refractivity contribution in [2.45, 2.75) is 46.6 Å². The third-order valence-electron chi connectivity index (χ3n) is 3.25. The predicted molar refractivity (Wildman–Crippen MR) is 79.9 cm³/mol. The van der Waals surface area contributed by atoms with Gasteiger partial charge in [-0.25, -0.2) is 0 Å². The van der Waals surface area contributed by atoms with Crippen LogP contribution in [0.5, 0.6) is 0 Å². The lowest BCUT2D eigenvalue weighted by molar-refractivity contribution is 0.446. The van der Waals surface area contributed by atoms with Gasteiger partial charge in [0.15, 0.2) is 0 Å². The van der Waals surface area contributed by atoms with Gasteiger partial charge >= 0.3 is 0 Å². The van der Waals surface area contributed by atoms with Crippen molar-refractivity contribution in [1.29, 1.82) is 0 Å². The maximum absolute atomic E-state index is 5.70. The highest BCUT2D eigenvalue weighted by Gasteiger charge is 2.09. The molecule has 4 nitrogen and oxygen atoms in total. The Morgan fingerprint density at radius 1 is 1.15 bits per heavy atom. The summed E-state index contributed by atoms with van der Waals surface area (Å²) in [5.74, 6) is 1.40. The molecule has 1 N–H and O–H groups in total. The Balaban J connectivity index is 1.97. The third kappa shape index (κ3) is 4.17. The molecule has 4 heteroatoms. The number of hydrogen-bond donors (Lipinski definition) is 1. The molecule has 1 heterocycles. The summed E-state index contributed by atoms with van der Waals surface area (Å²) in [5, 5.41) is 11.6. The Kier molecular flexibility index (Phi) is 4.90. The molecule has 1 aromatic carbocycles. The van der Waals surface area contributed by atoms with Gasteiger partial charge in [0.05, 0.1) is 6.42 Å². The van der Waals surface area contributed by atoms with E-state index in [9.17, 15) is 0 Å². The molecule has 0 aliphatic heterocycles. The number of nitrogens with zero attached hydrogens (tertiary/aromatic N) is 2. The van der Waals surface area contributed by atoms with Crippen molar-refractivity contribution in [2.24, 2.45) is 0 Å². The van der Waals surface area contributed by atoms with Crippen LogP contribution in [0.2, 0.25) is 0 Å². The number of hydrogen-bond acceptors (Lipinski definition) is 4. The van der Waals surface area contributed by atoms with E-state index in [0.717, 1.165) is 13.0 Å². The van der Waals surface area contributed by atoms with Gasteiger partial charge in [0.25, 0.3) is 0 Å². The maximum atomic E-state index is 5.70. The number of aryl methyl sites for hydroxylation is 2. The molecule has 20 heavy (non-hydrogen) atoms. The molecule has 0 aliphatic rings. The fourth-order valence-electron chi connectivity index (χ4n) is 2.08. The van der Waals surface area contributed by atoms with E-state index in [1.807, 2.05) is 0 Å². The highest BCUT2D eigenvalue weighted by Crippen LogP contribution is 2.15. The van der Waals surface area contributed by atoms with Crippen LogP contribution in [0.15, 0.2) is 22.6 Å². The van der Waals surface area contributed by atoms with E-state index >= 15 is 0 Å². The monoisotopic (exact) mass is 273 g/mol. The van der Waals surface area contributed by atoms with Crippen molar-refractivity contribution >= 4 is 0 Å². The molecular weight excluding hydrogens is 250 g/mol. The Morgan fingerprint density at radius 2 is 1.90 bits per heavy atom. The number of nitrogens with one attached hydrogen (secondary N) is 1. The predicted octanol–water partition coefficient (Wildman–Crippen LogP) is 2.82. The molecule has 0 aliphatic carbocycles. The summed E-state index contributed by atoms with van der Waals surface area (Å²) in [7, 11) is 0. The van der Waals surface area contributed by atoms with E-state index in [2.05, 4.69) is 61.4 Å². The molecule has 0 unspecified atom stereocenters. The van der Waals surface area contributed by atoms with Gasteiger partial charge in [-0.05, 0) is 25.0 Å². The molecule has 0 saturated carbocycles. The molecule has 2 rings (SSSR count). The van der Waals surface area contributed by atoms with E-state index < -0.39 is 0 Å². The SMILES string of the molecule is Cc1ccc(C)c(Cc2nnc(CCNC(C)C)o2)c1. The number of benzene rings is 1. The Morgan fingerprint density at radius 3 is 2.65 bits per heavy atom. The van der Waals surface area contributed by atoms with E-state index in [1.165, 1.54) is 16.7 Å². The lowest BCUT2D eigenvalue weighted by Crippen LogP contribution is -2.25. The molecule has 0 amide bonds. The van der Waals surface area contributed by atoms with Crippen LogP contribution >= 0.6 is 0 Å². The van der Waals surface area contributed by atoms with E-state index in [4.69, 9.17) is 4.42 Å². The minimum atomic E-state index is 0.479. The molecule has 0 saturated heterocycles. The zero-order chi connectivity index (χ0) is 14.5. The van der Waals surface area contributed by atoms with Gasteiger partial charge in [0.1, 0.15) is 0 Å². The van der Waals surface area contributed by atoms with Crippen LogP contribution in [0.1, 0.15) is 42.3 Å². The maximum Gasteiger partial charge on any atom is 0.220 e. The van der Waals surface area contributed by atoms with E-state index in [0.29, 0.717) is 24.2 Å². The van der Waals surface area contributed by atoms with Gasteiger partial charge in [-0.1, -0.05) is 37.6 Å². The van der Waals surface area contributed by atoms with Crippen LogP contribution in [-0.2, 0) is 12.8 Å². The Bertz CT molecular complexity index is 561. The fourth-order valence-corrected chi connectivity index (χ4v) is 2.08. The molecule has 2 aromatic rings. The van der Waals surface area contributed by atoms with Gasteiger partial charge < -0.3 is 9.73 Å². The van der Waals surface area contributed by atoms with Crippen molar-refractivity contribution < 1.29 is 4.42 Å².